The van der Waals surface area contributed by atoms with Crippen molar-refractivity contribution in [1.29, 1.82) is 0 Å². The maximum atomic E-state index is 12.7. The van der Waals surface area contributed by atoms with Crippen molar-refractivity contribution < 1.29 is 23.8 Å². The number of carboxylic acid groups (broad SMARTS) is 1. The molecule has 1 atom stereocenters. The number of pyridine rings is 1. The summed E-state index contributed by atoms with van der Waals surface area (Å²) < 4.78 is 11.5. The SMILES string of the molecule is COc1cccc(-c2cc(C(Nc3ccc(C(=O)N(C)CCC(=O)O)cc3)C3CCCCC3)c(C)o2)n1. The number of nitrogens with zero attached hydrogens (tertiary/aromatic N) is 2. The molecular formula is C29H35N3O5. The van der Waals surface area contributed by atoms with Gasteiger partial charge in [0.2, 0.25) is 5.88 Å². The van der Waals surface area contributed by atoms with Crippen molar-refractivity contribution in [3.63, 3.8) is 0 Å². The van der Waals surface area contributed by atoms with Gasteiger partial charge < -0.3 is 24.5 Å². The Morgan fingerprint density at radius 3 is 2.57 bits per heavy atom. The Hall–Kier alpha value is -3.81. The van der Waals surface area contributed by atoms with Gasteiger partial charge in [-0.3, -0.25) is 9.59 Å². The molecule has 0 saturated heterocycles. The summed E-state index contributed by atoms with van der Waals surface area (Å²) in [5.41, 5.74) is 3.28. The topological polar surface area (TPSA) is 105 Å². The van der Waals surface area contributed by atoms with Crippen LogP contribution in [0, 0.1) is 12.8 Å². The number of rotatable bonds is 10. The Bertz CT molecular complexity index is 1210. The molecule has 1 aromatic carbocycles. The van der Waals surface area contributed by atoms with Crippen LogP contribution in [0.3, 0.4) is 0 Å². The van der Waals surface area contributed by atoms with E-state index < -0.39 is 5.97 Å². The number of anilines is 1. The Balaban J connectivity index is 1.56. The van der Waals surface area contributed by atoms with E-state index in [0.29, 0.717) is 23.1 Å². The fraction of sp³-hybridized carbons (Fsp3) is 0.414. The van der Waals surface area contributed by atoms with Crippen LogP contribution in [0.5, 0.6) is 5.88 Å². The summed E-state index contributed by atoms with van der Waals surface area (Å²) in [7, 11) is 3.22. The lowest BCUT2D eigenvalue weighted by atomic mass is 9.81. The molecule has 0 spiro atoms. The van der Waals surface area contributed by atoms with Crippen molar-refractivity contribution in [2.45, 2.75) is 51.5 Å². The third kappa shape index (κ3) is 6.50. The molecule has 3 aromatic rings. The van der Waals surface area contributed by atoms with Crippen LogP contribution in [-0.2, 0) is 4.79 Å². The lowest BCUT2D eigenvalue weighted by Crippen LogP contribution is -2.29. The van der Waals surface area contributed by atoms with Crippen LogP contribution in [0.1, 0.15) is 66.2 Å². The lowest BCUT2D eigenvalue weighted by Gasteiger charge is -2.31. The molecule has 196 valence electrons. The number of carbonyl (C=O) groups excluding carboxylic acids is 1. The van der Waals surface area contributed by atoms with Gasteiger partial charge in [0, 0.05) is 36.5 Å². The number of hydrogen-bond acceptors (Lipinski definition) is 6. The van der Waals surface area contributed by atoms with Gasteiger partial charge in [0.25, 0.3) is 5.91 Å². The zero-order valence-corrected chi connectivity index (χ0v) is 21.7. The van der Waals surface area contributed by atoms with Crippen LogP contribution in [0.4, 0.5) is 5.69 Å². The van der Waals surface area contributed by atoms with Gasteiger partial charge in [0.05, 0.1) is 19.6 Å². The summed E-state index contributed by atoms with van der Waals surface area (Å²) in [5, 5.41) is 12.6. The fourth-order valence-electron chi connectivity index (χ4n) is 4.99. The first kappa shape index (κ1) is 26.3. The molecule has 1 amide bonds. The van der Waals surface area contributed by atoms with Crippen molar-refractivity contribution >= 4 is 17.6 Å². The fourth-order valence-corrected chi connectivity index (χ4v) is 4.99. The van der Waals surface area contributed by atoms with Crippen molar-refractivity contribution in [1.82, 2.24) is 9.88 Å². The van der Waals surface area contributed by atoms with E-state index in [-0.39, 0.29) is 24.9 Å². The summed E-state index contributed by atoms with van der Waals surface area (Å²) in [5.74, 6) is 1.44. The number of carboxylic acids is 1. The molecule has 1 fully saturated rings. The molecule has 2 aromatic heterocycles. The van der Waals surface area contributed by atoms with Crippen LogP contribution in [0.15, 0.2) is 52.9 Å². The minimum absolute atomic E-state index is 0.0585. The molecule has 0 bridgehead atoms. The zero-order valence-electron chi connectivity index (χ0n) is 21.7. The van der Waals surface area contributed by atoms with Crippen LogP contribution < -0.4 is 10.1 Å². The number of aryl methyl sites for hydroxylation is 1. The van der Waals surface area contributed by atoms with Gasteiger partial charge in [-0.25, -0.2) is 4.98 Å². The monoisotopic (exact) mass is 505 g/mol. The number of carbonyl (C=O) groups is 2. The number of hydrogen-bond donors (Lipinski definition) is 2. The molecule has 4 rings (SSSR count). The number of nitrogens with one attached hydrogen (secondary N) is 1. The number of amides is 1. The Kier molecular flexibility index (Phi) is 8.48. The normalized spacial score (nSPS) is 14.7. The number of furan rings is 1. The average Bonchev–Trinajstić information content (AvgIpc) is 3.32. The van der Waals surface area contributed by atoms with E-state index in [2.05, 4.69) is 16.4 Å². The lowest BCUT2D eigenvalue weighted by molar-refractivity contribution is -0.137. The zero-order chi connectivity index (χ0) is 26.4. The maximum absolute atomic E-state index is 12.7. The minimum atomic E-state index is -0.923. The summed E-state index contributed by atoms with van der Waals surface area (Å²) in [6.07, 6.45) is 5.88. The molecule has 1 unspecified atom stereocenters. The van der Waals surface area contributed by atoms with Crippen molar-refractivity contribution in [3.05, 3.63) is 65.4 Å². The summed E-state index contributed by atoms with van der Waals surface area (Å²) >= 11 is 0. The number of aromatic nitrogens is 1. The Labute approximate surface area is 217 Å². The van der Waals surface area contributed by atoms with Gasteiger partial charge >= 0.3 is 5.97 Å². The van der Waals surface area contributed by atoms with E-state index in [1.54, 1.807) is 26.3 Å². The highest BCUT2D eigenvalue weighted by Gasteiger charge is 2.29. The molecule has 1 saturated carbocycles. The largest absolute Gasteiger partial charge is 0.481 e. The maximum Gasteiger partial charge on any atom is 0.305 e. The van der Waals surface area contributed by atoms with Gasteiger partial charge in [0.1, 0.15) is 11.5 Å². The minimum Gasteiger partial charge on any atom is -0.481 e. The van der Waals surface area contributed by atoms with Crippen molar-refractivity contribution in [2.75, 3.05) is 26.0 Å². The highest BCUT2D eigenvalue weighted by molar-refractivity contribution is 5.94. The molecule has 0 radical (unpaired) electrons. The van der Waals surface area contributed by atoms with Gasteiger partial charge in [-0.05, 0) is 62.1 Å². The van der Waals surface area contributed by atoms with E-state index in [4.69, 9.17) is 14.3 Å². The molecular weight excluding hydrogens is 470 g/mol. The number of methoxy groups -OCH3 is 1. The quantitative estimate of drug-likeness (QED) is 0.351. The highest BCUT2D eigenvalue weighted by atomic mass is 16.5. The van der Waals surface area contributed by atoms with E-state index in [1.165, 1.54) is 24.2 Å². The second kappa shape index (κ2) is 12.0. The second-order valence-electron chi connectivity index (χ2n) is 9.66. The van der Waals surface area contributed by atoms with E-state index >= 15 is 0 Å². The third-order valence-electron chi connectivity index (χ3n) is 7.06. The predicted molar refractivity (Wildman–Crippen MR) is 142 cm³/mol. The molecule has 1 aliphatic carbocycles. The molecule has 8 nitrogen and oxygen atoms in total. The van der Waals surface area contributed by atoms with E-state index in [1.807, 2.05) is 37.3 Å². The summed E-state index contributed by atoms with van der Waals surface area (Å²) in [6, 6.07) is 15.2. The number of aliphatic carboxylic acids is 1. The van der Waals surface area contributed by atoms with Gasteiger partial charge in [-0.2, -0.15) is 0 Å². The van der Waals surface area contributed by atoms with Gasteiger partial charge in [-0.1, -0.05) is 25.3 Å². The standard InChI is InChI=1S/C29H35N3O5/c1-19-23(18-25(37-19)24-10-7-11-26(31-24)36-3)28(20-8-5-4-6-9-20)30-22-14-12-21(13-15-22)29(35)32(2)17-16-27(33)34/h7,10-15,18,20,28,30H,4-6,8-9,16-17H2,1-3H3,(H,33,34). The first-order valence-electron chi connectivity index (χ1n) is 12.8. The summed E-state index contributed by atoms with van der Waals surface area (Å²) in [6.45, 7) is 2.16. The summed E-state index contributed by atoms with van der Waals surface area (Å²) in [4.78, 5) is 29.5. The van der Waals surface area contributed by atoms with Crippen LogP contribution in [0.25, 0.3) is 11.5 Å². The first-order chi connectivity index (χ1) is 17.9. The molecule has 2 heterocycles. The average molecular weight is 506 g/mol. The second-order valence-corrected chi connectivity index (χ2v) is 9.66. The van der Waals surface area contributed by atoms with Gasteiger partial charge in [0.15, 0.2) is 5.76 Å². The van der Waals surface area contributed by atoms with Crippen LogP contribution in [0.2, 0.25) is 0 Å². The smallest absolute Gasteiger partial charge is 0.305 e. The third-order valence-corrected chi connectivity index (χ3v) is 7.06. The Morgan fingerprint density at radius 2 is 1.89 bits per heavy atom. The Morgan fingerprint density at radius 1 is 1.16 bits per heavy atom. The number of benzene rings is 1. The molecule has 1 aliphatic rings. The van der Waals surface area contributed by atoms with E-state index in [9.17, 15) is 9.59 Å². The van der Waals surface area contributed by atoms with Crippen molar-refractivity contribution in [2.24, 2.45) is 5.92 Å². The molecule has 0 aliphatic heterocycles. The highest BCUT2D eigenvalue weighted by Crippen LogP contribution is 2.40. The predicted octanol–water partition coefficient (Wildman–Crippen LogP) is 5.94. The first-order valence-corrected chi connectivity index (χ1v) is 12.8. The molecule has 8 heteroatoms. The van der Waals surface area contributed by atoms with Crippen molar-refractivity contribution in [3.8, 4) is 17.3 Å². The van der Waals surface area contributed by atoms with Gasteiger partial charge in [-0.15, -0.1) is 0 Å². The molecule has 37 heavy (non-hydrogen) atoms. The molecule has 2 N–H and O–H groups in total. The van der Waals surface area contributed by atoms with Crippen LogP contribution >= 0.6 is 0 Å². The number of ether oxygens (including phenoxy) is 1. The van der Waals surface area contributed by atoms with Crippen LogP contribution in [-0.4, -0.2) is 47.6 Å². The van der Waals surface area contributed by atoms with E-state index in [0.717, 1.165) is 35.5 Å².